The maximum atomic E-state index is 10.6. The Labute approximate surface area is 164 Å². The number of thioether (sulfide) groups is 1. The summed E-state index contributed by atoms with van der Waals surface area (Å²) in [4.78, 5) is 0. The van der Waals surface area contributed by atoms with Crippen LogP contribution in [0.1, 0.15) is 71.6 Å². The number of hydrogen-bond donors (Lipinski definition) is 2. The van der Waals surface area contributed by atoms with Crippen molar-refractivity contribution in [1.29, 1.82) is 0 Å². The summed E-state index contributed by atoms with van der Waals surface area (Å²) in [5.74, 6) is 5.82. The lowest BCUT2D eigenvalue weighted by molar-refractivity contribution is -0.0744. The van der Waals surface area contributed by atoms with E-state index in [1.54, 1.807) is 5.57 Å². The van der Waals surface area contributed by atoms with Crippen LogP contribution >= 0.6 is 11.8 Å². The van der Waals surface area contributed by atoms with Crippen molar-refractivity contribution in [3.05, 3.63) is 11.6 Å². The minimum atomic E-state index is -0.0422. The molecule has 0 aliphatic heterocycles. The van der Waals surface area contributed by atoms with Gasteiger partial charge < -0.3 is 10.8 Å². The monoisotopic (exact) mass is 377 g/mol. The zero-order chi connectivity index (χ0) is 18.4. The van der Waals surface area contributed by atoms with Crippen LogP contribution in [0, 0.1) is 34.5 Å². The Morgan fingerprint density at radius 3 is 2.77 bits per heavy atom. The third-order valence-corrected chi connectivity index (χ3v) is 10.2. The average molecular weight is 378 g/mol. The molecule has 26 heavy (non-hydrogen) atoms. The van der Waals surface area contributed by atoms with Crippen molar-refractivity contribution in [2.75, 3.05) is 18.1 Å². The second-order valence-corrected chi connectivity index (χ2v) is 11.3. The lowest BCUT2D eigenvalue weighted by atomic mass is 9.47. The van der Waals surface area contributed by atoms with E-state index in [1.165, 1.54) is 56.5 Å². The molecule has 148 valence electrons. The number of rotatable bonds is 5. The van der Waals surface area contributed by atoms with Crippen molar-refractivity contribution >= 4 is 11.8 Å². The van der Waals surface area contributed by atoms with Crippen molar-refractivity contribution in [3.8, 4) is 0 Å². The molecular weight excluding hydrogens is 338 g/mol. The Balaban J connectivity index is 1.47. The van der Waals surface area contributed by atoms with Gasteiger partial charge in [-0.05, 0) is 110 Å². The van der Waals surface area contributed by atoms with Gasteiger partial charge in [-0.15, -0.1) is 0 Å². The van der Waals surface area contributed by atoms with Crippen LogP contribution in [0.4, 0.5) is 0 Å². The maximum absolute atomic E-state index is 10.6. The Kier molecular flexibility index (Phi) is 5.53. The molecule has 0 saturated heterocycles. The second-order valence-electron chi connectivity index (χ2n) is 10.2. The van der Waals surface area contributed by atoms with Gasteiger partial charge in [0, 0.05) is 0 Å². The molecule has 4 rings (SSSR count). The van der Waals surface area contributed by atoms with Gasteiger partial charge in [-0.3, -0.25) is 0 Å². The fourth-order valence-electron chi connectivity index (χ4n) is 7.32. The molecule has 7 atom stereocenters. The largest absolute Gasteiger partial charge is 0.393 e. The molecule has 0 aromatic heterocycles. The summed E-state index contributed by atoms with van der Waals surface area (Å²) in [5.41, 5.74) is 8.10. The fraction of sp³-hybridized carbons (Fsp3) is 0.913. The highest BCUT2D eigenvalue weighted by molar-refractivity contribution is 7.99. The number of aliphatic hydroxyl groups is 1. The van der Waals surface area contributed by atoms with Crippen molar-refractivity contribution in [1.82, 2.24) is 0 Å². The van der Waals surface area contributed by atoms with Crippen molar-refractivity contribution in [2.45, 2.75) is 77.7 Å². The molecule has 0 spiro atoms. The topological polar surface area (TPSA) is 46.2 Å². The molecule has 0 aromatic carbocycles. The Morgan fingerprint density at radius 2 is 1.96 bits per heavy atom. The van der Waals surface area contributed by atoms with Crippen LogP contribution in [0.15, 0.2) is 11.6 Å². The fourth-order valence-corrected chi connectivity index (χ4v) is 8.43. The first-order chi connectivity index (χ1) is 12.5. The van der Waals surface area contributed by atoms with E-state index in [4.69, 9.17) is 5.73 Å². The third-order valence-electron chi connectivity index (χ3n) is 8.98. The van der Waals surface area contributed by atoms with E-state index in [9.17, 15) is 5.11 Å². The van der Waals surface area contributed by atoms with E-state index in [1.807, 2.05) is 0 Å². The summed E-state index contributed by atoms with van der Waals surface area (Å²) in [5, 5.41) is 10.6. The molecule has 2 nitrogen and oxygen atoms in total. The van der Waals surface area contributed by atoms with Gasteiger partial charge in [0.15, 0.2) is 0 Å². The van der Waals surface area contributed by atoms with Gasteiger partial charge >= 0.3 is 0 Å². The third kappa shape index (κ3) is 3.10. The van der Waals surface area contributed by atoms with E-state index in [0.29, 0.717) is 5.41 Å². The quantitative estimate of drug-likeness (QED) is 0.523. The molecule has 3 heteroatoms. The Hall–Kier alpha value is 0.01000. The number of aliphatic hydroxyl groups excluding tert-OH is 1. The van der Waals surface area contributed by atoms with Crippen LogP contribution in [0.2, 0.25) is 0 Å². The smallest absolute Gasteiger partial charge is 0.0596 e. The van der Waals surface area contributed by atoms with Gasteiger partial charge in [0.25, 0.3) is 0 Å². The van der Waals surface area contributed by atoms with Gasteiger partial charge in [0.1, 0.15) is 0 Å². The predicted octanol–water partition coefficient (Wildman–Crippen LogP) is 5.01. The van der Waals surface area contributed by atoms with Crippen LogP contribution in [-0.2, 0) is 0 Å². The summed E-state index contributed by atoms with van der Waals surface area (Å²) < 4.78 is 0. The zero-order valence-corrected chi connectivity index (χ0v) is 17.7. The zero-order valence-electron chi connectivity index (χ0n) is 16.9. The predicted molar refractivity (Wildman–Crippen MR) is 112 cm³/mol. The molecule has 3 saturated carbocycles. The highest BCUT2D eigenvalue weighted by atomic mass is 32.2. The lowest BCUT2D eigenvalue weighted by Gasteiger charge is -2.58. The molecule has 3 fully saturated rings. The van der Waals surface area contributed by atoms with Gasteiger partial charge in [-0.2, -0.15) is 11.8 Å². The first-order valence-corrected chi connectivity index (χ1v) is 12.3. The summed E-state index contributed by atoms with van der Waals surface area (Å²) in [6.07, 6.45) is 14.2. The van der Waals surface area contributed by atoms with Crippen LogP contribution in [0.3, 0.4) is 0 Å². The molecule has 4 aliphatic carbocycles. The molecule has 0 aromatic rings. The van der Waals surface area contributed by atoms with Gasteiger partial charge in [0.05, 0.1) is 6.10 Å². The van der Waals surface area contributed by atoms with Crippen LogP contribution in [0.25, 0.3) is 0 Å². The Bertz CT molecular complexity index is 548. The second kappa shape index (κ2) is 7.44. The number of fused-ring (bicyclic) bond motifs is 5. The van der Waals surface area contributed by atoms with E-state index < -0.39 is 0 Å². The SMILES string of the molecule is CC12CCC(CSCCCN)C=C1CCC1C2CCC2(C)C(O)CCC12. The van der Waals surface area contributed by atoms with E-state index in [-0.39, 0.29) is 11.5 Å². The number of hydrogen-bond acceptors (Lipinski definition) is 3. The number of allylic oxidation sites excluding steroid dienone is 2. The van der Waals surface area contributed by atoms with Crippen molar-refractivity contribution < 1.29 is 5.11 Å². The highest BCUT2D eigenvalue weighted by Crippen LogP contribution is 2.65. The number of nitrogens with two attached hydrogens (primary N) is 1. The van der Waals surface area contributed by atoms with Crippen molar-refractivity contribution in [3.63, 3.8) is 0 Å². The van der Waals surface area contributed by atoms with Gasteiger partial charge in [-0.25, -0.2) is 0 Å². The summed E-state index contributed by atoms with van der Waals surface area (Å²) in [6.45, 7) is 5.82. The summed E-state index contributed by atoms with van der Waals surface area (Å²) >= 11 is 2.11. The maximum Gasteiger partial charge on any atom is 0.0596 e. The minimum Gasteiger partial charge on any atom is -0.393 e. The highest BCUT2D eigenvalue weighted by Gasteiger charge is 2.58. The molecular formula is C23H39NOS. The van der Waals surface area contributed by atoms with Gasteiger partial charge in [-0.1, -0.05) is 25.5 Å². The molecule has 0 heterocycles. The summed E-state index contributed by atoms with van der Waals surface area (Å²) in [7, 11) is 0. The normalized spacial score (nSPS) is 47.7. The van der Waals surface area contributed by atoms with E-state index in [0.717, 1.165) is 43.1 Å². The molecule has 3 N–H and O–H groups in total. The van der Waals surface area contributed by atoms with Crippen molar-refractivity contribution in [2.24, 2.45) is 40.2 Å². The van der Waals surface area contributed by atoms with Crippen LogP contribution in [0.5, 0.6) is 0 Å². The average Bonchev–Trinajstić information content (AvgIpc) is 2.94. The van der Waals surface area contributed by atoms with Crippen LogP contribution < -0.4 is 5.73 Å². The van der Waals surface area contributed by atoms with E-state index in [2.05, 4.69) is 31.7 Å². The van der Waals surface area contributed by atoms with E-state index >= 15 is 0 Å². The molecule has 0 amide bonds. The van der Waals surface area contributed by atoms with Gasteiger partial charge in [0.2, 0.25) is 0 Å². The minimum absolute atomic E-state index is 0.0422. The van der Waals surface area contributed by atoms with Crippen LogP contribution in [-0.4, -0.2) is 29.3 Å². The molecule has 4 aliphatic rings. The lowest BCUT2D eigenvalue weighted by Crippen LogP contribution is -2.51. The Morgan fingerprint density at radius 1 is 1.12 bits per heavy atom. The molecule has 0 bridgehead atoms. The first kappa shape index (κ1) is 19.3. The molecule has 0 radical (unpaired) electrons. The standard InChI is InChI=1S/C23H39NOS/c1-22-10-8-16(15-26-13-3-12-24)14-17(22)4-5-18-19-6-7-21(25)23(19,2)11-9-20(18)22/h14,16,18-21,25H,3-13,15,24H2,1-2H3. The molecule has 7 unspecified atom stereocenters. The first-order valence-electron chi connectivity index (χ1n) is 11.2. The summed E-state index contributed by atoms with van der Waals surface area (Å²) in [6, 6.07) is 0.